The van der Waals surface area contributed by atoms with Gasteiger partial charge in [0.2, 0.25) is 17.7 Å². The van der Waals surface area contributed by atoms with Crippen LogP contribution in [0.15, 0.2) is 72.8 Å². The van der Waals surface area contributed by atoms with E-state index in [4.69, 9.17) is 9.79 Å². The number of hydrogen-bond acceptors (Lipinski definition) is 6. The smallest absolute Gasteiger partial charge is 0.404 e. The lowest BCUT2D eigenvalue weighted by molar-refractivity contribution is -0.137. The maximum Gasteiger partial charge on any atom is 0.524 e. The summed E-state index contributed by atoms with van der Waals surface area (Å²) in [6, 6.07) is 21.3. The fraction of sp³-hybridized carbons (Fsp3) is 0.290. The first kappa shape index (κ1) is 31.4. The highest BCUT2D eigenvalue weighted by Crippen LogP contribution is 2.37. The van der Waals surface area contributed by atoms with Gasteiger partial charge in [-0.05, 0) is 59.7 Å². The van der Waals surface area contributed by atoms with Crippen LogP contribution in [0.1, 0.15) is 42.9 Å². The lowest BCUT2D eigenvalue weighted by atomic mass is 9.99. The van der Waals surface area contributed by atoms with Crippen LogP contribution < -0.4 is 15.2 Å². The van der Waals surface area contributed by atoms with E-state index in [2.05, 4.69) is 21.2 Å². The Bertz CT molecular complexity index is 1550. The first-order chi connectivity index (χ1) is 20.5. The van der Waals surface area contributed by atoms with Gasteiger partial charge in [-0.2, -0.15) is 5.26 Å². The molecule has 12 heteroatoms. The number of carbonyl (C=O) groups excluding carboxylic acids is 3. The highest BCUT2D eigenvalue weighted by Gasteiger charge is 2.31. The van der Waals surface area contributed by atoms with Gasteiger partial charge in [-0.15, -0.1) is 0 Å². The molecule has 1 heterocycles. The standard InChI is InChI=1S/C31H33N4O7P/c1-21(36)33-29(18-22-11-15-26(16-12-22)42-43(39,40)41)30(37)34-28-8-4-5-17-35(31(28)38)20-23-9-13-24(14-10-23)27-7-3-2-6-25(27)19-32/h2-3,6-7,9-16,28-29H,4-5,8,17-18,20H2,1H3,(H,33,36)(H,34,37)(H2,39,40,41)/t28-,29-/m0/s1. The third-order valence-corrected chi connectivity index (χ3v) is 7.51. The van der Waals surface area contributed by atoms with Crippen molar-refractivity contribution in [3.63, 3.8) is 0 Å². The molecule has 3 amide bonds. The Morgan fingerprint density at radius 1 is 1.05 bits per heavy atom. The van der Waals surface area contributed by atoms with Gasteiger partial charge in [-0.25, -0.2) is 4.57 Å². The van der Waals surface area contributed by atoms with Crippen molar-refractivity contribution in [2.24, 2.45) is 0 Å². The summed E-state index contributed by atoms with van der Waals surface area (Å²) in [6.07, 6.45) is 2.08. The molecule has 0 spiro atoms. The minimum Gasteiger partial charge on any atom is -0.404 e. The summed E-state index contributed by atoms with van der Waals surface area (Å²) in [5.74, 6) is -1.17. The summed E-state index contributed by atoms with van der Waals surface area (Å²) < 4.78 is 15.6. The second-order valence-electron chi connectivity index (χ2n) is 10.4. The maximum absolute atomic E-state index is 13.5. The minimum atomic E-state index is -4.71. The average Bonchev–Trinajstić information content (AvgIpc) is 3.13. The van der Waals surface area contributed by atoms with E-state index >= 15 is 0 Å². The van der Waals surface area contributed by atoms with Gasteiger partial charge in [0.25, 0.3) is 0 Å². The van der Waals surface area contributed by atoms with Crippen LogP contribution in [-0.2, 0) is 31.9 Å². The van der Waals surface area contributed by atoms with Crippen LogP contribution in [0.5, 0.6) is 5.75 Å². The molecule has 0 unspecified atom stereocenters. The topological polar surface area (TPSA) is 169 Å². The van der Waals surface area contributed by atoms with Gasteiger partial charge < -0.3 is 20.1 Å². The van der Waals surface area contributed by atoms with Gasteiger partial charge >= 0.3 is 7.82 Å². The SMILES string of the molecule is CC(=O)N[C@@H](Cc1ccc(OP(=O)(O)O)cc1)C(=O)N[C@H]1CCCCN(Cc2ccc(-c3ccccc3C#N)cc2)C1=O. The Morgan fingerprint density at radius 3 is 2.37 bits per heavy atom. The molecule has 43 heavy (non-hydrogen) atoms. The van der Waals surface area contributed by atoms with Crippen molar-refractivity contribution in [3.8, 4) is 22.9 Å². The monoisotopic (exact) mass is 604 g/mol. The van der Waals surface area contributed by atoms with Crippen molar-refractivity contribution in [3.05, 3.63) is 89.5 Å². The lowest BCUT2D eigenvalue weighted by Crippen LogP contribution is -2.54. The summed E-state index contributed by atoms with van der Waals surface area (Å²) in [6.45, 7) is 2.20. The van der Waals surface area contributed by atoms with E-state index in [9.17, 15) is 24.2 Å². The number of carbonyl (C=O) groups is 3. The predicted molar refractivity (Wildman–Crippen MR) is 158 cm³/mol. The van der Waals surface area contributed by atoms with Crippen LogP contribution in [0.2, 0.25) is 0 Å². The van der Waals surface area contributed by atoms with Crippen LogP contribution in [0.3, 0.4) is 0 Å². The van der Waals surface area contributed by atoms with E-state index in [0.717, 1.165) is 29.5 Å². The van der Waals surface area contributed by atoms with Crippen LogP contribution in [0.25, 0.3) is 11.1 Å². The average molecular weight is 605 g/mol. The Morgan fingerprint density at radius 2 is 1.72 bits per heavy atom. The maximum atomic E-state index is 13.5. The van der Waals surface area contributed by atoms with Gasteiger partial charge in [-0.3, -0.25) is 24.2 Å². The van der Waals surface area contributed by atoms with Crippen molar-refractivity contribution < 1.29 is 33.3 Å². The second kappa shape index (κ2) is 14.1. The van der Waals surface area contributed by atoms with Crippen molar-refractivity contribution in [2.45, 2.75) is 51.2 Å². The van der Waals surface area contributed by atoms with Crippen LogP contribution in [0.4, 0.5) is 0 Å². The Kier molecular flexibility index (Phi) is 10.3. The number of nitrogens with zero attached hydrogens (tertiary/aromatic N) is 2. The number of nitrogens with one attached hydrogen (secondary N) is 2. The van der Waals surface area contributed by atoms with Crippen molar-refractivity contribution >= 4 is 25.5 Å². The number of rotatable bonds is 10. The minimum absolute atomic E-state index is 0.0385. The number of nitriles is 1. The molecule has 0 bridgehead atoms. The predicted octanol–water partition coefficient (Wildman–Crippen LogP) is 3.44. The summed E-state index contributed by atoms with van der Waals surface area (Å²) in [5.41, 5.74) is 3.85. The molecule has 224 valence electrons. The van der Waals surface area contributed by atoms with Gasteiger partial charge in [0.15, 0.2) is 0 Å². The Balaban J connectivity index is 1.42. The zero-order valence-corrected chi connectivity index (χ0v) is 24.5. The van der Waals surface area contributed by atoms with Gasteiger partial charge in [-0.1, -0.05) is 54.6 Å². The number of phosphoric acid groups is 1. The molecule has 11 nitrogen and oxygen atoms in total. The lowest BCUT2D eigenvalue weighted by Gasteiger charge is -2.27. The number of amides is 3. The number of phosphoric ester groups is 1. The van der Waals surface area contributed by atoms with Crippen LogP contribution >= 0.6 is 7.82 Å². The molecule has 4 N–H and O–H groups in total. The Hall–Kier alpha value is -4.49. The largest absolute Gasteiger partial charge is 0.524 e. The molecule has 3 aromatic carbocycles. The van der Waals surface area contributed by atoms with E-state index in [1.807, 2.05) is 42.5 Å². The molecule has 0 saturated carbocycles. The van der Waals surface area contributed by atoms with E-state index < -0.39 is 31.7 Å². The molecule has 1 aliphatic rings. The van der Waals surface area contributed by atoms with E-state index in [1.165, 1.54) is 31.2 Å². The molecule has 0 aromatic heterocycles. The molecular formula is C31H33N4O7P. The van der Waals surface area contributed by atoms with Crippen LogP contribution in [-0.4, -0.2) is 51.0 Å². The first-order valence-electron chi connectivity index (χ1n) is 13.8. The van der Waals surface area contributed by atoms with E-state index in [1.54, 1.807) is 11.0 Å². The fourth-order valence-electron chi connectivity index (χ4n) is 5.02. The molecule has 0 aliphatic carbocycles. The van der Waals surface area contributed by atoms with Crippen LogP contribution in [0, 0.1) is 11.3 Å². The molecular weight excluding hydrogens is 571 g/mol. The van der Waals surface area contributed by atoms with Crippen molar-refractivity contribution in [2.75, 3.05) is 6.54 Å². The third kappa shape index (κ3) is 9.00. The number of benzene rings is 3. The summed E-state index contributed by atoms with van der Waals surface area (Å²) >= 11 is 0. The molecule has 0 radical (unpaired) electrons. The molecule has 1 fully saturated rings. The first-order valence-corrected chi connectivity index (χ1v) is 15.3. The van der Waals surface area contributed by atoms with Crippen molar-refractivity contribution in [1.29, 1.82) is 5.26 Å². The highest BCUT2D eigenvalue weighted by atomic mass is 31.2. The Labute approximate surface area is 249 Å². The van der Waals surface area contributed by atoms with E-state index in [-0.39, 0.29) is 18.1 Å². The fourth-order valence-corrected chi connectivity index (χ4v) is 5.42. The number of hydrogen-bond donors (Lipinski definition) is 4. The van der Waals surface area contributed by atoms with Gasteiger partial charge in [0, 0.05) is 26.4 Å². The summed E-state index contributed by atoms with van der Waals surface area (Å²) in [7, 11) is -4.71. The van der Waals surface area contributed by atoms with E-state index in [0.29, 0.717) is 30.6 Å². The normalized spacial score (nSPS) is 16.0. The molecule has 1 saturated heterocycles. The number of likely N-dealkylation sites (tertiary alicyclic amines) is 1. The molecule has 3 aromatic rings. The zero-order chi connectivity index (χ0) is 31.0. The quantitative estimate of drug-likeness (QED) is 0.255. The van der Waals surface area contributed by atoms with Crippen molar-refractivity contribution in [1.82, 2.24) is 15.5 Å². The molecule has 1 aliphatic heterocycles. The summed E-state index contributed by atoms with van der Waals surface area (Å²) in [5, 5.41) is 14.9. The molecule has 2 atom stereocenters. The third-order valence-electron chi connectivity index (χ3n) is 7.06. The second-order valence-corrected chi connectivity index (χ2v) is 11.5. The van der Waals surface area contributed by atoms with Gasteiger partial charge in [0.1, 0.15) is 17.8 Å². The van der Waals surface area contributed by atoms with Gasteiger partial charge in [0.05, 0.1) is 11.6 Å². The zero-order valence-electron chi connectivity index (χ0n) is 23.6. The highest BCUT2D eigenvalue weighted by molar-refractivity contribution is 7.46. The molecule has 4 rings (SSSR count). The summed E-state index contributed by atoms with van der Waals surface area (Å²) in [4.78, 5) is 58.4.